The number of carbonyl (C=O) groups excluding carboxylic acids is 1. The molecule has 1 N–H and O–H groups in total. The first-order valence-electron chi connectivity index (χ1n) is 5.02. The maximum Gasteiger partial charge on any atom is 0.309 e. The Labute approximate surface area is 94.2 Å². The Morgan fingerprint density at radius 1 is 1.40 bits per heavy atom. The van der Waals surface area contributed by atoms with Gasteiger partial charge in [0.25, 0.3) is 0 Å². The number of hydrogen-bond donors (Lipinski definition) is 1. The fourth-order valence-corrected chi connectivity index (χ4v) is 2.18. The second kappa shape index (κ2) is 6.95. The highest BCUT2D eigenvalue weighted by atomic mass is 32.2. The lowest BCUT2D eigenvalue weighted by atomic mass is 10.0. The van der Waals surface area contributed by atoms with Crippen molar-refractivity contribution < 1.29 is 13.7 Å². The predicted molar refractivity (Wildman–Crippen MR) is 62.2 cm³/mol. The van der Waals surface area contributed by atoms with E-state index in [-0.39, 0.29) is 24.0 Å². The Hall–Kier alpha value is -0.420. The van der Waals surface area contributed by atoms with Crippen molar-refractivity contribution in [3.8, 4) is 0 Å². The van der Waals surface area contributed by atoms with E-state index in [9.17, 15) is 9.00 Å². The molecule has 0 aliphatic carbocycles. The van der Waals surface area contributed by atoms with Crippen LogP contribution in [0.2, 0.25) is 0 Å². The highest BCUT2D eigenvalue weighted by molar-refractivity contribution is 7.84. The maximum absolute atomic E-state index is 11.2. The molecule has 0 fully saturated rings. The molecule has 4 atom stereocenters. The topological polar surface area (TPSA) is 55.4 Å². The van der Waals surface area contributed by atoms with E-state index in [0.29, 0.717) is 5.75 Å². The third kappa shape index (κ3) is 5.89. The molecule has 0 aromatic heterocycles. The fraction of sp³-hybridized carbons (Fsp3) is 0.900. The molecule has 4 unspecified atom stereocenters. The first-order valence-corrected chi connectivity index (χ1v) is 6.75. The van der Waals surface area contributed by atoms with E-state index in [1.54, 1.807) is 6.26 Å². The van der Waals surface area contributed by atoms with E-state index in [1.807, 2.05) is 20.8 Å². The predicted octanol–water partition coefficient (Wildman–Crippen LogP) is 0.541. The summed E-state index contributed by atoms with van der Waals surface area (Å²) in [7, 11) is 0.569. The minimum absolute atomic E-state index is 0.0241. The normalized spacial score (nSPS) is 19.0. The van der Waals surface area contributed by atoms with Gasteiger partial charge < -0.3 is 10.1 Å². The van der Waals surface area contributed by atoms with Crippen molar-refractivity contribution in [3.63, 3.8) is 0 Å². The number of carbonyl (C=O) groups is 1. The molecule has 0 aliphatic rings. The molecular weight excluding hydrogens is 214 g/mol. The summed E-state index contributed by atoms with van der Waals surface area (Å²) in [6.07, 6.45) is 1.67. The van der Waals surface area contributed by atoms with Gasteiger partial charge in [0.2, 0.25) is 0 Å². The summed E-state index contributed by atoms with van der Waals surface area (Å²) < 4.78 is 15.6. The van der Waals surface area contributed by atoms with E-state index in [0.717, 1.165) is 0 Å². The number of esters is 1. The van der Waals surface area contributed by atoms with Crippen molar-refractivity contribution >= 4 is 16.8 Å². The van der Waals surface area contributed by atoms with Gasteiger partial charge in [-0.1, -0.05) is 6.92 Å². The van der Waals surface area contributed by atoms with E-state index < -0.39 is 10.8 Å². The Bertz CT molecular complexity index is 233. The van der Waals surface area contributed by atoms with Crippen molar-refractivity contribution in [3.05, 3.63) is 0 Å². The van der Waals surface area contributed by atoms with Crippen molar-refractivity contribution in [2.45, 2.75) is 32.9 Å². The summed E-state index contributed by atoms with van der Waals surface area (Å²) in [6, 6.07) is 0.161. The van der Waals surface area contributed by atoms with Gasteiger partial charge in [0.1, 0.15) is 0 Å². The third-order valence-corrected chi connectivity index (χ3v) is 3.32. The zero-order chi connectivity index (χ0) is 12.0. The SMILES string of the molecule is COC(=O)C(C)C(C)NC(C)CS(C)=O. The average molecular weight is 235 g/mol. The minimum Gasteiger partial charge on any atom is -0.469 e. The van der Waals surface area contributed by atoms with Crippen LogP contribution in [0.15, 0.2) is 0 Å². The highest BCUT2D eigenvalue weighted by Gasteiger charge is 2.22. The van der Waals surface area contributed by atoms with Crippen LogP contribution in [0.4, 0.5) is 0 Å². The number of ether oxygens (including phenoxy) is 1. The lowest BCUT2D eigenvalue weighted by molar-refractivity contribution is -0.145. The van der Waals surface area contributed by atoms with Gasteiger partial charge in [-0.15, -0.1) is 0 Å². The third-order valence-electron chi connectivity index (χ3n) is 2.36. The van der Waals surface area contributed by atoms with E-state index >= 15 is 0 Å². The summed E-state index contributed by atoms with van der Waals surface area (Å²) in [6.45, 7) is 5.71. The van der Waals surface area contributed by atoms with Crippen LogP contribution in [0.1, 0.15) is 20.8 Å². The van der Waals surface area contributed by atoms with Crippen LogP contribution in [0.5, 0.6) is 0 Å². The first kappa shape index (κ1) is 14.6. The molecule has 0 aromatic rings. The van der Waals surface area contributed by atoms with E-state index in [2.05, 4.69) is 10.1 Å². The van der Waals surface area contributed by atoms with E-state index in [1.165, 1.54) is 7.11 Å². The molecule has 4 nitrogen and oxygen atoms in total. The zero-order valence-corrected chi connectivity index (χ0v) is 10.9. The Kier molecular flexibility index (Phi) is 6.76. The standard InChI is InChI=1S/C10H21NO3S/c1-7(6-15(5)13)11-9(3)8(2)10(12)14-4/h7-9,11H,6H2,1-5H3. The van der Waals surface area contributed by atoms with Crippen molar-refractivity contribution in [1.82, 2.24) is 5.32 Å². The number of methoxy groups -OCH3 is 1. The van der Waals surface area contributed by atoms with Crippen LogP contribution in [-0.2, 0) is 20.3 Å². The number of nitrogens with one attached hydrogen (secondary N) is 1. The summed E-state index contributed by atoms with van der Waals surface area (Å²) >= 11 is 0. The van der Waals surface area contributed by atoms with Gasteiger partial charge in [-0.2, -0.15) is 0 Å². The van der Waals surface area contributed by atoms with E-state index in [4.69, 9.17) is 0 Å². The molecule has 0 saturated carbocycles. The molecule has 0 bridgehead atoms. The lowest BCUT2D eigenvalue weighted by Gasteiger charge is -2.23. The van der Waals surface area contributed by atoms with Gasteiger partial charge in [0, 0.05) is 34.9 Å². The van der Waals surface area contributed by atoms with Gasteiger partial charge in [0.15, 0.2) is 0 Å². The van der Waals surface area contributed by atoms with Crippen LogP contribution in [0.3, 0.4) is 0 Å². The van der Waals surface area contributed by atoms with Gasteiger partial charge in [0.05, 0.1) is 13.0 Å². The Balaban J connectivity index is 4.06. The van der Waals surface area contributed by atoms with Crippen LogP contribution in [0.25, 0.3) is 0 Å². The maximum atomic E-state index is 11.2. The summed E-state index contributed by atoms with van der Waals surface area (Å²) in [5.41, 5.74) is 0. The molecule has 0 aromatic carbocycles. The fourth-order valence-electron chi connectivity index (χ4n) is 1.38. The van der Waals surface area contributed by atoms with Gasteiger partial charge >= 0.3 is 5.97 Å². The quantitative estimate of drug-likeness (QED) is 0.683. The van der Waals surface area contributed by atoms with Crippen LogP contribution in [-0.4, -0.2) is 41.4 Å². The molecular formula is C10H21NO3S. The van der Waals surface area contributed by atoms with Crippen molar-refractivity contribution in [2.75, 3.05) is 19.1 Å². The van der Waals surface area contributed by atoms with Crippen LogP contribution < -0.4 is 5.32 Å². The van der Waals surface area contributed by atoms with Crippen LogP contribution in [0, 0.1) is 5.92 Å². The van der Waals surface area contributed by atoms with Gasteiger partial charge in [-0.05, 0) is 13.8 Å². The van der Waals surface area contributed by atoms with Crippen molar-refractivity contribution in [2.24, 2.45) is 5.92 Å². The molecule has 0 spiro atoms. The number of rotatable bonds is 6. The van der Waals surface area contributed by atoms with Crippen LogP contribution >= 0.6 is 0 Å². The van der Waals surface area contributed by atoms with Crippen molar-refractivity contribution in [1.29, 1.82) is 0 Å². The highest BCUT2D eigenvalue weighted by Crippen LogP contribution is 2.05. The molecule has 15 heavy (non-hydrogen) atoms. The largest absolute Gasteiger partial charge is 0.469 e. The molecule has 0 radical (unpaired) electrons. The molecule has 90 valence electrons. The number of hydrogen-bond acceptors (Lipinski definition) is 4. The minimum atomic E-state index is -0.816. The molecule has 0 saturated heterocycles. The zero-order valence-electron chi connectivity index (χ0n) is 10.1. The van der Waals surface area contributed by atoms with Gasteiger partial charge in [-0.25, -0.2) is 0 Å². The first-order chi connectivity index (χ1) is 6.88. The molecule has 0 aliphatic heterocycles. The second-order valence-corrected chi connectivity index (χ2v) is 5.39. The lowest BCUT2D eigenvalue weighted by Crippen LogP contribution is -2.43. The smallest absolute Gasteiger partial charge is 0.309 e. The van der Waals surface area contributed by atoms with Gasteiger partial charge in [-0.3, -0.25) is 9.00 Å². The molecule has 0 amide bonds. The summed E-state index contributed by atoms with van der Waals surface area (Å²) in [5.74, 6) is 0.181. The monoisotopic (exact) mass is 235 g/mol. The molecule has 0 rings (SSSR count). The average Bonchev–Trinajstić information content (AvgIpc) is 2.13. The summed E-state index contributed by atoms with van der Waals surface area (Å²) in [5, 5.41) is 3.23. The second-order valence-electron chi connectivity index (χ2n) is 3.91. The summed E-state index contributed by atoms with van der Waals surface area (Å²) in [4.78, 5) is 11.2. The molecule has 5 heteroatoms. The Morgan fingerprint density at radius 3 is 2.33 bits per heavy atom. The Morgan fingerprint density at radius 2 is 1.93 bits per heavy atom. The molecule has 0 heterocycles.